The monoisotopic (exact) mass is 548 g/mol. The molecule has 1 N–H and O–H groups in total. The predicted octanol–water partition coefficient (Wildman–Crippen LogP) is 6.30. The van der Waals surface area contributed by atoms with Gasteiger partial charge in [-0.3, -0.25) is 9.59 Å². The highest BCUT2D eigenvalue weighted by molar-refractivity contribution is 9.10. The zero-order valence-electron chi connectivity index (χ0n) is 20.0. The number of hydrogen-bond acceptors (Lipinski definition) is 3. The molecule has 1 saturated carbocycles. The van der Waals surface area contributed by atoms with Crippen LogP contribution in [0, 0.1) is 0 Å². The van der Waals surface area contributed by atoms with Crippen LogP contribution in [0.2, 0.25) is 5.02 Å². The fraction of sp³-hybridized carbons (Fsp3) is 0.481. The lowest BCUT2D eigenvalue weighted by atomic mass is 9.95. The van der Waals surface area contributed by atoms with E-state index in [-0.39, 0.29) is 24.5 Å². The summed E-state index contributed by atoms with van der Waals surface area (Å²) in [4.78, 5) is 28.3. The van der Waals surface area contributed by atoms with Crippen LogP contribution in [0.3, 0.4) is 0 Å². The quantitative estimate of drug-likeness (QED) is 0.378. The molecule has 5 nitrogen and oxygen atoms in total. The van der Waals surface area contributed by atoms with Gasteiger partial charge in [0.1, 0.15) is 11.8 Å². The number of ether oxygens (including phenoxy) is 1. The van der Waals surface area contributed by atoms with Gasteiger partial charge in [-0.15, -0.1) is 0 Å². The Morgan fingerprint density at radius 2 is 1.76 bits per heavy atom. The molecule has 7 heteroatoms. The summed E-state index contributed by atoms with van der Waals surface area (Å²) in [5.74, 6) is 0.286. The van der Waals surface area contributed by atoms with Gasteiger partial charge in [0.25, 0.3) is 5.91 Å². The molecule has 0 unspecified atom stereocenters. The molecular weight excluding hydrogens is 516 g/mol. The molecule has 0 radical (unpaired) electrons. The van der Waals surface area contributed by atoms with Gasteiger partial charge in [-0.2, -0.15) is 0 Å². The van der Waals surface area contributed by atoms with Crippen LogP contribution in [0.4, 0.5) is 0 Å². The van der Waals surface area contributed by atoms with Crippen molar-refractivity contribution in [2.75, 3.05) is 6.61 Å². The van der Waals surface area contributed by atoms with Gasteiger partial charge < -0.3 is 15.0 Å². The number of aryl methyl sites for hydroxylation is 1. The van der Waals surface area contributed by atoms with Crippen molar-refractivity contribution in [3.05, 3.63) is 63.1 Å². The van der Waals surface area contributed by atoms with Crippen molar-refractivity contribution >= 4 is 39.3 Å². The SMILES string of the molecule is CCc1ccc(OCC(=O)N(Cc2ccc(Cl)cc2)[C@H](CC)C(=O)NC2CCCCC2)c(Br)c1. The maximum Gasteiger partial charge on any atom is 0.261 e. The van der Waals surface area contributed by atoms with Gasteiger partial charge in [0, 0.05) is 17.6 Å². The molecule has 34 heavy (non-hydrogen) atoms. The molecule has 2 aromatic rings. The Morgan fingerprint density at radius 1 is 1.09 bits per heavy atom. The van der Waals surface area contributed by atoms with E-state index in [0.717, 1.165) is 42.1 Å². The molecule has 0 heterocycles. The smallest absolute Gasteiger partial charge is 0.261 e. The van der Waals surface area contributed by atoms with Gasteiger partial charge in [0.15, 0.2) is 6.61 Å². The van der Waals surface area contributed by atoms with E-state index >= 15 is 0 Å². The summed E-state index contributed by atoms with van der Waals surface area (Å²) in [5, 5.41) is 3.83. The van der Waals surface area contributed by atoms with Crippen molar-refractivity contribution in [3.63, 3.8) is 0 Å². The molecule has 1 aliphatic carbocycles. The summed E-state index contributed by atoms with van der Waals surface area (Å²) >= 11 is 9.57. The lowest BCUT2D eigenvalue weighted by Crippen LogP contribution is -2.52. The summed E-state index contributed by atoms with van der Waals surface area (Å²) in [6.45, 7) is 4.19. The van der Waals surface area contributed by atoms with Gasteiger partial charge in [0.05, 0.1) is 4.47 Å². The van der Waals surface area contributed by atoms with Crippen molar-refractivity contribution in [1.29, 1.82) is 0 Å². The van der Waals surface area contributed by atoms with Gasteiger partial charge in [0.2, 0.25) is 5.91 Å². The molecule has 2 aromatic carbocycles. The van der Waals surface area contributed by atoms with Crippen LogP contribution in [0.1, 0.15) is 63.5 Å². The highest BCUT2D eigenvalue weighted by atomic mass is 79.9. The Kier molecular flexibility index (Phi) is 10.3. The molecule has 0 aliphatic heterocycles. The number of nitrogens with one attached hydrogen (secondary N) is 1. The first-order valence-electron chi connectivity index (χ1n) is 12.2. The van der Waals surface area contributed by atoms with Gasteiger partial charge in [-0.1, -0.05) is 62.9 Å². The van der Waals surface area contributed by atoms with Crippen molar-refractivity contribution in [2.45, 2.75) is 77.4 Å². The number of carbonyl (C=O) groups is 2. The Bertz CT molecular complexity index is 961. The van der Waals surface area contributed by atoms with Crippen molar-refractivity contribution < 1.29 is 14.3 Å². The minimum absolute atomic E-state index is 0.0924. The number of carbonyl (C=O) groups excluding carboxylic acids is 2. The van der Waals surface area contributed by atoms with E-state index < -0.39 is 6.04 Å². The summed E-state index contributed by atoms with van der Waals surface area (Å²) in [6.07, 6.45) is 6.92. The maximum atomic E-state index is 13.4. The second-order valence-corrected chi connectivity index (χ2v) is 10.1. The molecule has 184 valence electrons. The summed E-state index contributed by atoms with van der Waals surface area (Å²) in [6, 6.07) is 12.8. The fourth-order valence-electron chi connectivity index (χ4n) is 4.35. The average Bonchev–Trinajstić information content (AvgIpc) is 2.84. The lowest BCUT2D eigenvalue weighted by Gasteiger charge is -2.32. The fourth-order valence-corrected chi connectivity index (χ4v) is 5.02. The molecular formula is C27H34BrClN2O3. The van der Waals surface area contributed by atoms with E-state index in [9.17, 15) is 9.59 Å². The van der Waals surface area contributed by atoms with Crippen LogP contribution >= 0.6 is 27.5 Å². The highest BCUT2D eigenvalue weighted by Crippen LogP contribution is 2.26. The van der Waals surface area contributed by atoms with E-state index in [2.05, 4.69) is 28.2 Å². The van der Waals surface area contributed by atoms with E-state index in [1.807, 2.05) is 37.3 Å². The second-order valence-electron chi connectivity index (χ2n) is 8.82. The number of nitrogens with zero attached hydrogens (tertiary/aromatic N) is 1. The first-order valence-corrected chi connectivity index (χ1v) is 13.3. The topological polar surface area (TPSA) is 58.6 Å². The third-order valence-electron chi connectivity index (χ3n) is 6.36. The zero-order valence-corrected chi connectivity index (χ0v) is 22.3. The molecule has 1 aliphatic rings. The molecule has 2 amide bonds. The molecule has 1 atom stereocenters. The van der Waals surface area contributed by atoms with Crippen LogP contribution in [0.15, 0.2) is 46.9 Å². The zero-order chi connectivity index (χ0) is 24.5. The molecule has 1 fully saturated rings. The van der Waals surface area contributed by atoms with Gasteiger partial charge >= 0.3 is 0 Å². The first kappa shape index (κ1) is 26.6. The second kappa shape index (κ2) is 13.1. The number of amides is 2. The van der Waals surface area contributed by atoms with Crippen molar-refractivity contribution in [2.24, 2.45) is 0 Å². The molecule has 0 aromatic heterocycles. The van der Waals surface area contributed by atoms with Crippen LogP contribution in [0.25, 0.3) is 0 Å². The molecule has 0 bridgehead atoms. The summed E-state index contributed by atoms with van der Waals surface area (Å²) in [5.41, 5.74) is 2.09. The van der Waals surface area contributed by atoms with Crippen molar-refractivity contribution in [3.8, 4) is 5.75 Å². The third kappa shape index (κ3) is 7.47. The van der Waals surface area contributed by atoms with Gasteiger partial charge in [-0.05, 0) is 77.0 Å². The largest absolute Gasteiger partial charge is 0.483 e. The Hall–Kier alpha value is -2.05. The maximum absolute atomic E-state index is 13.4. The highest BCUT2D eigenvalue weighted by Gasteiger charge is 2.30. The third-order valence-corrected chi connectivity index (χ3v) is 7.23. The number of benzene rings is 2. The summed E-state index contributed by atoms with van der Waals surface area (Å²) < 4.78 is 6.68. The van der Waals surface area contributed by atoms with E-state index in [4.69, 9.17) is 16.3 Å². The van der Waals surface area contributed by atoms with Crippen LogP contribution in [-0.4, -0.2) is 35.4 Å². The minimum Gasteiger partial charge on any atom is -0.483 e. The number of hydrogen-bond donors (Lipinski definition) is 1. The number of rotatable bonds is 10. The molecule has 0 spiro atoms. The van der Waals surface area contributed by atoms with E-state index in [1.165, 1.54) is 12.0 Å². The van der Waals surface area contributed by atoms with Crippen LogP contribution in [0.5, 0.6) is 5.75 Å². The van der Waals surface area contributed by atoms with Crippen LogP contribution in [-0.2, 0) is 22.6 Å². The average molecular weight is 550 g/mol. The minimum atomic E-state index is -0.570. The predicted molar refractivity (Wildman–Crippen MR) is 140 cm³/mol. The normalized spacial score (nSPS) is 14.9. The lowest BCUT2D eigenvalue weighted by molar-refractivity contribution is -0.143. The van der Waals surface area contributed by atoms with Crippen LogP contribution < -0.4 is 10.1 Å². The van der Waals surface area contributed by atoms with Gasteiger partial charge in [-0.25, -0.2) is 0 Å². The first-order chi connectivity index (χ1) is 16.4. The Balaban J connectivity index is 1.75. The molecule has 0 saturated heterocycles. The standard InChI is InChI=1S/C27H34BrClN2O3/c1-3-19-12-15-25(23(28)16-19)34-18-26(32)31(17-20-10-13-21(29)14-11-20)24(4-2)27(33)30-22-8-6-5-7-9-22/h10-16,22,24H,3-9,17-18H2,1-2H3,(H,30,33)/t24-/m1/s1. The van der Waals surface area contributed by atoms with E-state index in [0.29, 0.717) is 23.7 Å². The van der Waals surface area contributed by atoms with Crippen molar-refractivity contribution in [1.82, 2.24) is 10.2 Å². The Morgan fingerprint density at radius 3 is 2.38 bits per heavy atom. The summed E-state index contributed by atoms with van der Waals surface area (Å²) in [7, 11) is 0. The molecule has 3 rings (SSSR count). The Labute approximate surface area is 216 Å². The van der Waals surface area contributed by atoms with E-state index in [1.54, 1.807) is 17.0 Å². The number of halogens is 2.